The molecule has 7 heteroatoms. The highest BCUT2D eigenvalue weighted by molar-refractivity contribution is 7.89. The molecule has 1 aromatic carbocycles. The van der Waals surface area contributed by atoms with Crippen molar-refractivity contribution in [2.45, 2.75) is 32.6 Å². The van der Waals surface area contributed by atoms with Crippen LogP contribution in [0.25, 0.3) is 0 Å². The molecule has 6 nitrogen and oxygen atoms in total. The lowest BCUT2D eigenvalue weighted by molar-refractivity contribution is 0.0716. The lowest BCUT2D eigenvalue weighted by Crippen LogP contribution is -2.40. The summed E-state index contributed by atoms with van der Waals surface area (Å²) < 4.78 is 27.1. The molecule has 0 aromatic heterocycles. The third kappa shape index (κ3) is 7.44. The van der Waals surface area contributed by atoms with Crippen molar-refractivity contribution in [2.75, 3.05) is 39.3 Å². The number of carbonyl (C=O) groups excluding carboxylic acids is 1. The van der Waals surface area contributed by atoms with E-state index in [9.17, 15) is 13.2 Å². The fourth-order valence-corrected chi connectivity index (χ4v) is 3.79. The van der Waals surface area contributed by atoms with E-state index in [0.717, 1.165) is 19.6 Å². The maximum absolute atomic E-state index is 13.0. The van der Waals surface area contributed by atoms with Crippen molar-refractivity contribution in [3.63, 3.8) is 0 Å². The number of nitrogens with one attached hydrogen (secondary N) is 1. The van der Waals surface area contributed by atoms with Gasteiger partial charge >= 0.3 is 0 Å². The maximum atomic E-state index is 13.0. The number of hydrogen-bond donors (Lipinski definition) is 1. The van der Waals surface area contributed by atoms with Gasteiger partial charge in [0.1, 0.15) is 0 Å². The van der Waals surface area contributed by atoms with Gasteiger partial charge in [-0.1, -0.05) is 39.8 Å². The Labute approximate surface area is 164 Å². The maximum Gasteiger partial charge on any atom is 0.253 e. The molecule has 0 unspecified atom stereocenters. The predicted molar refractivity (Wildman–Crippen MR) is 110 cm³/mol. The summed E-state index contributed by atoms with van der Waals surface area (Å²) in [5.41, 5.74) is 0.386. The van der Waals surface area contributed by atoms with Crippen molar-refractivity contribution in [3.8, 4) is 0 Å². The normalized spacial score (nSPS) is 11.8. The number of likely N-dealkylation sites (N-methyl/N-ethyl adjacent to an activating group) is 1. The fraction of sp³-hybridized carbons (Fsp3) is 0.550. The van der Waals surface area contributed by atoms with E-state index < -0.39 is 10.0 Å². The first kappa shape index (κ1) is 23.3. The van der Waals surface area contributed by atoms with Crippen molar-refractivity contribution in [1.82, 2.24) is 14.5 Å². The number of amides is 1. The second kappa shape index (κ2) is 11.2. The van der Waals surface area contributed by atoms with Crippen LogP contribution in [-0.2, 0) is 10.0 Å². The first-order chi connectivity index (χ1) is 12.7. The van der Waals surface area contributed by atoms with Crippen molar-refractivity contribution >= 4 is 15.9 Å². The van der Waals surface area contributed by atoms with Crippen molar-refractivity contribution < 1.29 is 13.2 Å². The summed E-state index contributed by atoms with van der Waals surface area (Å²) in [6.45, 7) is 15.9. The molecular formula is C20H33N3O3S. The van der Waals surface area contributed by atoms with Gasteiger partial charge < -0.3 is 9.80 Å². The van der Waals surface area contributed by atoms with Gasteiger partial charge in [-0.2, -0.15) is 0 Å². The Morgan fingerprint density at radius 1 is 1.22 bits per heavy atom. The van der Waals surface area contributed by atoms with Gasteiger partial charge in [-0.3, -0.25) is 4.79 Å². The molecule has 152 valence electrons. The van der Waals surface area contributed by atoms with Gasteiger partial charge in [0.15, 0.2) is 0 Å². The SMILES string of the molecule is C=CCNS(=O)(=O)c1cccc(C(=O)N(CCN(CC)CC)CC(C)C)c1. The topological polar surface area (TPSA) is 69.7 Å². The molecule has 0 aliphatic rings. The highest BCUT2D eigenvalue weighted by Gasteiger charge is 2.20. The zero-order valence-corrected chi connectivity index (χ0v) is 17.8. The number of carbonyl (C=O) groups is 1. The highest BCUT2D eigenvalue weighted by Crippen LogP contribution is 2.14. The molecule has 0 atom stereocenters. The quantitative estimate of drug-likeness (QED) is 0.552. The molecule has 0 bridgehead atoms. The van der Waals surface area contributed by atoms with Crippen molar-refractivity contribution in [3.05, 3.63) is 42.5 Å². The zero-order chi connectivity index (χ0) is 20.4. The van der Waals surface area contributed by atoms with Gasteiger partial charge in [0, 0.05) is 31.7 Å². The molecule has 0 radical (unpaired) electrons. The van der Waals surface area contributed by atoms with Crippen LogP contribution >= 0.6 is 0 Å². The van der Waals surface area contributed by atoms with Crippen LogP contribution < -0.4 is 4.72 Å². The monoisotopic (exact) mass is 395 g/mol. The van der Waals surface area contributed by atoms with Gasteiger partial charge in [0.05, 0.1) is 4.90 Å². The average Bonchev–Trinajstić information content (AvgIpc) is 2.65. The first-order valence-corrected chi connectivity index (χ1v) is 11.0. The molecular weight excluding hydrogens is 362 g/mol. The lowest BCUT2D eigenvalue weighted by Gasteiger charge is -2.28. The van der Waals surface area contributed by atoms with E-state index in [1.165, 1.54) is 18.2 Å². The summed E-state index contributed by atoms with van der Waals surface area (Å²) in [4.78, 5) is 17.2. The van der Waals surface area contributed by atoms with Crippen LogP contribution in [0, 0.1) is 5.92 Å². The van der Waals surface area contributed by atoms with Crippen molar-refractivity contribution in [1.29, 1.82) is 0 Å². The molecule has 0 fully saturated rings. The van der Waals surface area contributed by atoms with Crippen LogP contribution in [0.4, 0.5) is 0 Å². The molecule has 0 aliphatic carbocycles. The first-order valence-electron chi connectivity index (χ1n) is 9.47. The third-order valence-corrected chi connectivity index (χ3v) is 5.68. The summed E-state index contributed by atoms with van der Waals surface area (Å²) >= 11 is 0. The molecule has 1 amide bonds. The van der Waals surface area contributed by atoms with Gasteiger partial charge in [0.25, 0.3) is 5.91 Å². The summed E-state index contributed by atoms with van der Waals surface area (Å²) in [5.74, 6) is 0.184. The molecule has 0 heterocycles. The summed E-state index contributed by atoms with van der Waals surface area (Å²) in [5, 5.41) is 0. The Bertz CT molecular complexity index is 713. The smallest absolute Gasteiger partial charge is 0.253 e. The largest absolute Gasteiger partial charge is 0.337 e. The second-order valence-corrected chi connectivity index (χ2v) is 8.61. The molecule has 0 saturated heterocycles. The Morgan fingerprint density at radius 2 is 1.89 bits per heavy atom. The Hall–Kier alpha value is -1.70. The Balaban J connectivity index is 3.03. The van der Waals surface area contributed by atoms with E-state index >= 15 is 0 Å². The second-order valence-electron chi connectivity index (χ2n) is 6.84. The van der Waals surface area contributed by atoms with E-state index in [-0.39, 0.29) is 17.3 Å². The number of benzene rings is 1. The zero-order valence-electron chi connectivity index (χ0n) is 16.9. The summed E-state index contributed by atoms with van der Waals surface area (Å²) in [7, 11) is -3.66. The fourth-order valence-electron chi connectivity index (χ4n) is 2.75. The molecule has 1 N–H and O–H groups in total. The molecule has 1 rings (SSSR count). The molecule has 1 aromatic rings. The number of hydrogen-bond acceptors (Lipinski definition) is 4. The van der Waals surface area contributed by atoms with Gasteiger partial charge in [-0.05, 0) is 37.2 Å². The van der Waals surface area contributed by atoms with E-state index in [2.05, 4.69) is 43.9 Å². The molecule has 27 heavy (non-hydrogen) atoms. The summed E-state index contributed by atoms with van der Waals surface area (Å²) in [6.07, 6.45) is 1.48. The summed E-state index contributed by atoms with van der Waals surface area (Å²) in [6, 6.07) is 6.20. The van der Waals surface area contributed by atoms with Gasteiger partial charge in [-0.15, -0.1) is 6.58 Å². The highest BCUT2D eigenvalue weighted by atomic mass is 32.2. The minimum atomic E-state index is -3.66. The standard InChI is InChI=1S/C20H33N3O3S/c1-6-12-21-27(25,26)19-11-9-10-18(15-19)20(24)23(16-17(4)5)14-13-22(7-2)8-3/h6,9-11,15,17,21H,1,7-8,12-14,16H2,2-5H3. The third-order valence-electron chi connectivity index (χ3n) is 4.26. The van der Waals surface area contributed by atoms with Crippen LogP contribution in [0.2, 0.25) is 0 Å². The molecule has 0 saturated carbocycles. The van der Waals surface area contributed by atoms with Crippen LogP contribution in [0.3, 0.4) is 0 Å². The van der Waals surface area contributed by atoms with Crippen LogP contribution in [-0.4, -0.2) is 63.4 Å². The van der Waals surface area contributed by atoms with E-state index in [1.54, 1.807) is 12.1 Å². The molecule has 0 aliphatic heterocycles. The minimum Gasteiger partial charge on any atom is -0.337 e. The van der Waals surface area contributed by atoms with Crippen LogP contribution in [0.1, 0.15) is 38.1 Å². The van der Waals surface area contributed by atoms with Gasteiger partial charge in [-0.25, -0.2) is 13.1 Å². The number of nitrogens with zero attached hydrogens (tertiary/aromatic N) is 2. The van der Waals surface area contributed by atoms with Crippen molar-refractivity contribution in [2.24, 2.45) is 5.92 Å². The van der Waals surface area contributed by atoms with E-state index in [0.29, 0.717) is 24.6 Å². The molecule has 0 spiro atoms. The van der Waals surface area contributed by atoms with Crippen LogP contribution in [0.5, 0.6) is 0 Å². The van der Waals surface area contributed by atoms with Gasteiger partial charge in [0.2, 0.25) is 10.0 Å². The lowest BCUT2D eigenvalue weighted by atomic mass is 10.1. The van der Waals surface area contributed by atoms with Crippen LogP contribution in [0.15, 0.2) is 41.8 Å². The van der Waals surface area contributed by atoms with E-state index in [1.807, 2.05) is 4.90 Å². The minimum absolute atomic E-state index is 0.0865. The average molecular weight is 396 g/mol. The Morgan fingerprint density at radius 3 is 2.44 bits per heavy atom. The Kier molecular flexibility index (Phi) is 9.69. The number of rotatable bonds is 12. The number of sulfonamides is 1. The predicted octanol–water partition coefficient (Wildman–Crippen LogP) is 2.59. The van der Waals surface area contributed by atoms with E-state index in [4.69, 9.17) is 0 Å².